The zero-order valence-corrected chi connectivity index (χ0v) is 38.8. The minimum absolute atomic E-state index is 0.0232. The molecule has 0 saturated heterocycles. The van der Waals surface area contributed by atoms with Crippen molar-refractivity contribution >= 4 is 95.4 Å². The first kappa shape index (κ1) is 37.1. The topological polar surface area (TPSA) is 9.86 Å². The summed E-state index contributed by atoms with van der Waals surface area (Å²) in [6.45, 7) is 9.63. The monoisotopic (exact) mass is 858 g/mol. The molecule has 11 aromatic rings. The van der Waals surface area contributed by atoms with Gasteiger partial charge in [-0.1, -0.05) is 179 Å². The molecule has 2 aromatic heterocycles. The number of fused-ring (bicyclic) bond motifs is 13. The van der Waals surface area contributed by atoms with Crippen molar-refractivity contribution in [2.75, 3.05) is 0 Å². The van der Waals surface area contributed by atoms with Gasteiger partial charge >= 0.3 is 0 Å². The summed E-state index contributed by atoms with van der Waals surface area (Å²) < 4.78 is 5.54. The molecule has 4 heteroatoms. The highest BCUT2D eigenvalue weighted by Crippen LogP contribution is 2.48. The molecular formula is C62H47BN2Si. The van der Waals surface area contributed by atoms with Crippen molar-refractivity contribution in [2.45, 2.75) is 52.4 Å². The van der Waals surface area contributed by atoms with E-state index in [1.54, 1.807) is 5.19 Å². The van der Waals surface area contributed by atoms with Gasteiger partial charge in [-0.3, -0.25) is 0 Å². The Balaban J connectivity index is 1.23. The summed E-state index contributed by atoms with van der Waals surface area (Å²) in [5.74, 6) is 0.853. The molecule has 4 aliphatic heterocycles. The van der Waals surface area contributed by atoms with Gasteiger partial charge in [-0.05, 0) is 130 Å². The molecule has 2 nitrogen and oxygen atoms in total. The summed E-state index contributed by atoms with van der Waals surface area (Å²) in [5.41, 5.74) is 22.1. The largest absolute Gasteiger partial charge is 0.310 e. The lowest BCUT2D eigenvalue weighted by Gasteiger charge is -2.43. The van der Waals surface area contributed by atoms with Crippen LogP contribution in [0.4, 0.5) is 0 Å². The van der Waals surface area contributed by atoms with Gasteiger partial charge in [0.25, 0.3) is 6.71 Å². The summed E-state index contributed by atoms with van der Waals surface area (Å²) >= 11 is 0. The van der Waals surface area contributed by atoms with E-state index in [2.05, 4.69) is 213 Å². The first-order valence-corrected chi connectivity index (χ1v) is 26.3. The van der Waals surface area contributed by atoms with Crippen LogP contribution < -0.4 is 37.1 Å². The quantitative estimate of drug-likeness (QED) is 0.147. The third-order valence-electron chi connectivity index (χ3n) is 16.8. The van der Waals surface area contributed by atoms with E-state index in [-0.39, 0.29) is 6.71 Å². The third-order valence-corrected chi connectivity index (χ3v) is 21.7. The summed E-state index contributed by atoms with van der Waals surface area (Å²) in [6.07, 6.45) is 2.19. The van der Waals surface area contributed by atoms with E-state index in [9.17, 15) is 0 Å². The SMILES string of the molecule is CCC(C)c1cc2c3c(c1)c1cc(C(C)CC)cc4c1n3-c1c(ccc3c1B2c1c2ccccc2cc2c(-c5ccccc5)c(-c5ccccc5)n-3c12)[Si]41c2ccccc2-c2ccccc21. The zero-order valence-electron chi connectivity index (χ0n) is 37.8. The lowest BCUT2D eigenvalue weighted by Crippen LogP contribution is -2.77. The number of aromatic nitrogens is 2. The Hall–Kier alpha value is -7.14. The van der Waals surface area contributed by atoms with Crippen LogP contribution in [0.25, 0.3) is 88.4 Å². The lowest BCUT2D eigenvalue weighted by atomic mass is 9.33. The maximum absolute atomic E-state index is 2.93. The van der Waals surface area contributed by atoms with Gasteiger partial charge in [-0.2, -0.15) is 0 Å². The fourth-order valence-electron chi connectivity index (χ4n) is 13.6. The molecule has 0 radical (unpaired) electrons. The maximum Gasteiger partial charge on any atom is 0.253 e. The molecular weight excluding hydrogens is 812 g/mol. The van der Waals surface area contributed by atoms with Crippen LogP contribution in [0.3, 0.4) is 0 Å². The van der Waals surface area contributed by atoms with Crippen molar-refractivity contribution < 1.29 is 0 Å². The van der Waals surface area contributed by atoms with Crippen LogP contribution in [0, 0.1) is 0 Å². The Morgan fingerprint density at radius 2 is 1.08 bits per heavy atom. The van der Waals surface area contributed by atoms with Crippen LogP contribution in [0.2, 0.25) is 0 Å². The average Bonchev–Trinajstić information content (AvgIpc) is 4.00. The molecule has 4 aliphatic rings. The molecule has 0 aliphatic carbocycles. The Kier molecular flexibility index (Phi) is 7.32. The second kappa shape index (κ2) is 13.0. The van der Waals surface area contributed by atoms with Crippen molar-refractivity contribution in [3.63, 3.8) is 0 Å². The van der Waals surface area contributed by atoms with E-state index in [0.717, 1.165) is 12.8 Å². The number of hydrogen-bond acceptors (Lipinski definition) is 0. The first-order valence-electron chi connectivity index (χ1n) is 24.3. The number of nitrogens with zero attached hydrogens (tertiary/aromatic N) is 2. The molecule has 66 heavy (non-hydrogen) atoms. The van der Waals surface area contributed by atoms with Gasteiger partial charge < -0.3 is 9.13 Å². The lowest BCUT2D eigenvalue weighted by molar-refractivity contribution is 0.735. The minimum atomic E-state index is -2.93. The van der Waals surface area contributed by atoms with Crippen molar-refractivity contribution in [1.82, 2.24) is 9.13 Å². The molecule has 0 amide bonds. The molecule has 0 fully saturated rings. The molecule has 0 saturated carbocycles. The highest BCUT2D eigenvalue weighted by Gasteiger charge is 2.56. The molecule has 15 rings (SSSR count). The van der Waals surface area contributed by atoms with Crippen molar-refractivity contribution in [3.05, 3.63) is 187 Å². The van der Waals surface area contributed by atoms with Crippen LogP contribution in [-0.2, 0) is 0 Å². The van der Waals surface area contributed by atoms with Gasteiger partial charge in [-0.25, -0.2) is 0 Å². The Morgan fingerprint density at radius 3 is 1.77 bits per heavy atom. The van der Waals surface area contributed by atoms with Gasteiger partial charge in [0.05, 0.1) is 16.7 Å². The van der Waals surface area contributed by atoms with Crippen LogP contribution in [0.5, 0.6) is 0 Å². The molecule has 312 valence electrons. The smallest absolute Gasteiger partial charge is 0.253 e. The Morgan fingerprint density at radius 1 is 0.470 bits per heavy atom. The van der Waals surface area contributed by atoms with Crippen molar-refractivity contribution in [2.24, 2.45) is 0 Å². The predicted octanol–water partition coefficient (Wildman–Crippen LogP) is 11.1. The van der Waals surface area contributed by atoms with E-state index in [4.69, 9.17) is 0 Å². The number of hydrogen-bond donors (Lipinski definition) is 0. The summed E-state index contributed by atoms with van der Waals surface area (Å²) in [4.78, 5) is 0. The summed E-state index contributed by atoms with van der Waals surface area (Å²) in [5, 5.41) is 13.0. The number of benzene rings is 9. The van der Waals surface area contributed by atoms with Crippen LogP contribution in [-0.4, -0.2) is 23.9 Å². The first-order chi connectivity index (χ1) is 32.5. The predicted molar refractivity (Wildman–Crippen MR) is 284 cm³/mol. The molecule has 0 N–H and O–H groups in total. The second-order valence-corrected chi connectivity index (χ2v) is 23.4. The highest BCUT2D eigenvalue weighted by atomic mass is 28.3. The third kappa shape index (κ3) is 4.31. The van der Waals surface area contributed by atoms with Gasteiger partial charge in [0.2, 0.25) is 0 Å². The normalized spacial score (nSPS) is 15.1. The molecule has 1 spiro atoms. The molecule has 2 atom stereocenters. The second-order valence-electron chi connectivity index (χ2n) is 19.8. The fraction of sp³-hybridized carbons (Fsp3) is 0.129. The Labute approximate surface area is 386 Å². The number of rotatable bonds is 6. The van der Waals surface area contributed by atoms with Gasteiger partial charge in [0.15, 0.2) is 8.07 Å². The molecule has 0 bridgehead atoms. The van der Waals surface area contributed by atoms with Gasteiger partial charge in [-0.15, -0.1) is 0 Å². The molecule has 2 unspecified atom stereocenters. The highest BCUT2D eigenvalue weighted by molar-refractivity contribution is 7.24. The maximum atomic E-state index is 2.82. The standard InChI is InChI=1S/C62H47BN2Si/c1-5-36(3)41-32-46-47-33-42(37(4)6-2)35-54-60(47)65-59(46)49(34-41)63-56-43-24-14-13-23-40(43)31-48-55(38-19-9-7-10-20-38)58(39-21-11-8-12-22-39)64(61(48)56)50-29-30-53(62(65)57(50)63)66(54)51-27-17-15-25-44(51)45-26-16-18-28-52(45)66/h7-37H,5-6H2,1-4H3. The van der Waals surface area contributed by atoms with E-state index in [1.165, 1.54) is 131 Å². The van der Waals surface area contributed by atoms with Crippen LogP contribution in [0.15, 0.2) is 176 Å². The molecule has 6 heterocycles. The van der Waals surface area contributed by atoms with Gasteiger partial charge in [0, 0.05) is 38.6 Å². The zero-order chi connectivity index (χ0) is 43.7. The van der Waals surface area contributed by atoms with E-state index < -0.39 is 8.07 Å². The van der Waals surface area contributed by atoms with Crippen LogP contribution in [0.1, 0.15) is 63.5 Å². The summed E-state index contributed by atoms with van der Waals surface area (Å²) in [6, 6.07) is 69.0. The fourth-order valence-corrected chi connectivity index (χ4v) is 19.2. The summed E-state index contributed by atoms with van der Waals surface area (Å²) in [7, 11) is -2.93. The average molecular weight is 859 g/mol. The molecule has 9 aromatic carbocycles. The van der Waals surface area contributed by atoms with Crippen molar-refractivity contribution in [3.8, 4) is 44.9 Å². The van der Waals surface area contributed by atoms with Crippen molar-refractivity contribution in [1.29, 1.82) is 0 Å². The van der Waals surface area contributed by atoms with E-state index >= 15 is 0 Å². The van der Waals surface area contributed by atoms with E-state index in [1.807, 2.05) is 0 Å². The van der Waals surface area contributed by atoms with Gasteiger partial charge in [0.1, 0.15) is 0 Å². The minimum Gasteiger partial charge on any atom is -0.310 e. The Bertz CT molecular complexity index is 3900. The van der Waals surface area contributed by atoms with E-state index in [0.29, 0.717) is 11.8 Å². The van der Waals surface area contributed by atoms with Crippen LogP contribution >= 0.6 is 0 Å².